The third-order valence-corrected chi connectivity index (χ3v) is 5.67. The molecule has 1 aliphatic heterocycles. The number of sulfonamides is 1. The maximum atomic E-state index is 13.3. The van der Waals surface area contributed by atoms with Crippen LogP contribution in [0.3, 0.4) is 0 Å². The van der Waals surface area contributed by atoms with Crippen molar-refractivity contribution in [2.24, 2.45) is 0 Å². The molecule has 0 bridgehead atoms. The number of nitrogens with zero attached hydrogens (tertiary/aromatic N) is 4. The Morgan fingerprint density at radius 2 is 1.78 bits per heavy atom. The lowest BCUT2D eigenvalue weighted by Gasteiger charge is -2.34. The fraction of sp³-hybridized carbons (Fsp3) is 0.333. The minimum absolute atomic E-state index is 0.0129. The SMILES string of the molecule is Cc1ccc(N2CCN(S(=O)(=O)c3cccc(F)c3)CC2)nn1. The molecular formula is C15H17FN4O2S. The van der Waals surface area contributed by atoms with Gasteiger partial charge in [-0.1, -0.05) is 6.07 Å². The largest absolute Gasteiger partial charge is 0.352 e. The molecule has 6 nitrogen and oxygen atoms in total. The molecule has 23 heavy (non-hydrogen) atoms. The van der Waals surface area contributed by atoms with Crippen molar-refractivity contribution in [3.8, 4) is 0 Å². The van der Waals surface area contributed by atoms with Crippen molar-refractivity contribution >= 4 is 15.8 Å². The van der Waals surface area contributed by atoms with Gasteiger partial charge in [0.2, 0.25) is 10.0 Å². The molecule has 2 aromatic rings. The molecule has 0 saturated carbocycles. The predicted octanol–water partition coefficient (Wildman–Crippen LogP) is 1.44. The molecule has 1 aliphatic rings. The number of piperazine rings is 1. The van der Waals surface area contributed by atoms with Crippen LogP contribution >= 0.6 is 0 Å². The topological polar surface area (TPSA) is 66.4 Å². The average molecular weight is 336 g/mol. The van der Waals surface area contributed by atoms with Gasteiger partial charge in [-0.25, -0.2) is 12.8 Å². The van der Waals surface area contributed by atoms with Gasteiger partial charge in [0.05, 0.1) is 10.6 Å². The van der Waals surface area contributed by atoms with Crippen LogP contribution in [0.5, 0.6) is 0 Å². The van der Waals surface area contributed by atoms with E-state index in [0.717, 1.165) is 17.6 Å². The van der Waals surface area contributed by atoms with Crippen LogP contribution in [0.15, 0.2) is 41.3 Å². The number of aryl methyl sites for hydroxylation is 1. The van der Waals surface area contributed by atoms with E-state index in [4.69, 9.17) is 0 Å². The summed E-state index contributed by atoms with van der Waals surface area (Å²) in [5, 5.41) is 8.13. The van der Waals surface area contributed by atoms with E-state index in [0.29, 0.717) is 26.2 Å². The molecule has 0 unspecified atom stereocenters. The van der Waals surface area contributed by atoms with Gasteiger partial charge >= 0.3 is 0 Å². The molecule has 122 valence electrons. The van der Waals surface area contributed by atoms with E-state index in [1.54, 1.807) is 0 Å². The summed E-state index contributed by atoms with van der Waals surface area (Å²) >= 11 is 0. The van der Waals surface area contributed by atoms with Crippen LogP contribution in [0.25, 0.3) is 0 Å². The van der Waals surface area contributed by atoms with Crippen molar-refractivity contribution in [2.45, 2.75) is 11.8 Å². The second kappa shape index (κ2) is 6.21. The Morgan fingerprint density at radius 1 is 1.04 bits per heavy atom. The minimum atomic E-state index is -3.67. The first-order valence-corrected chi connectivity index (χ1v) is 8.72. The first kappa shape index (κ1) is 15.8. The van der Waals surface area contributed by atoms with E-state index in [1.165, 1.54) is 22.5 Å². The zero-order chi connectivity index (χ0) is 16.4. The van der Waals surface area contributed by atoms with E-state index < -0.39 is 15.8 Å². The molecule has 3 rings (SSSR count). The molecule has 0 amide bonds. The molecule has 8 heteroatoms. The number of anilines is 1. The second-order valence-electron chi connectivity index (χ2n) is 5.38. The van der Waals surface area contributed by atoms with Crippen LogP contribution in [-0.4, -0.2) is 49.1 Å². The van der Waals surface area contributed by atoms with Crippen LogP contribution in [0, 0.1) is 12.7 Å². The summed E-state index contributed by atoms with van der Waals surface area (Å²) in [4.78, 5) is 1.98. The summed E-state index contributed by atoms with van der Waals surface area (Å²) in [6.07, 6.45) is 0. The predicted molar refractivity (Wildman–Crippen MR) is 84.1 cm³/mol. The second-order valence-corrected chi connectivity index (χ2v) is 7.32. The van der Waals surface area contributed by atoms with Crippen LogP contribution in [0.4, 0.5) is 10.2 Å². The lowest BCUT2D eigenvalue weighted by molar-refractivity contribution is 0.383. The third kappa shape index (κ3) is 3.32. The monoisotopic (exact) mass is 336 g/mol. The molecule has 1 aromatic carbocycles. The Balaban J connectivity index is 1.72. The smallest absolute Gasteiger partial charge is 0.243 e. The lowest BCUT2D eigenvalue weighted by atomic mass is 10.3. The minimum Gasteiger partial charge on any atom is -0.352 e. The zero-order valence-electron chi connectivity index (χ0n) is 12.7. The van der Waals surface area contributed by atoms with Crippen LogP contribution in [-0.2, 0) is 10.0 Å². The normalized spacial score (nSPS) is 16.5. The molecule has 0 N–H and O–H groups in total. The van der Waals surface area contributed by atoms with E-state index in [2.05, 4.69) is 10.2 Å². The highest BCUT2D eigenvalue weighted by atomic mass is 32.2. The zero-order valence-corrected chi connectivity index (χ0v) is 13.5. The highest BCUT2D eigenvalue weighted by Crippen LogP contribution is 2.20. The number of halogens is 1. The first-order valence-electron chi connectivity index (χ1n) is 7.28. The van der Waals surface area contributed by atoms with Crippen molar-refractivity contribution in [2.75, 3.05) is 31.1 Å². The van der Waals surface area contributed by atoms with E-state index in [1.807, 2.05) is 24.0 Å². The molecular weight excluding hydrogens is 319 g/mol. The fourth-order valence-electron chi connectivity index (χ4n) is 2.49. The summed E-state index contributed by atoms with van der Waals surface area (Å²) < 4.78 is 39.7. The summed E-state index contributed by atoms with van der Waals surface area (Å²) in [5.41, 5.74) is 0.834. The van der Waals surface area contributed by atoms with Gasteiger partial charge in [-0.05, 0) is 37.3 Å². The number of rotatable bonds is 3. The molecule has 1 aromatic heterocycles. The van der Waals surface area contributed by atoms with Gasteiger partial charge in [-0.2, -0.15) is 9.40 Å². The number of aromatic nitrogens is 2. The lowest BCUT2D eigenvalue weighted by Crippen LogP contribution is -2.49. The van der Waals surface area contributed by atoms with Gasteiger partial charge in [0.25, 0.3) is 0 Å². The highest BCUT2D eigenvalue weighted by molar-refractivity contribution is 7.89. The average Bonchev–Trinajstić information content (AvgIpc) is 2.56. The van der Waals surface area contributed by atoms with Gasteiger partial charge in [-0.3, -0.25) is 0 Å². The Morgan fingerprint density at radius 3 is 2.39 bits per heavy atom. The maximum absolute atomic E-state index is 13.3. The number of hydrogen-bond acceptors (Lipinski definition) is 5. The van der Waals surface area contributed by atoms with Gasteiger partial charge in [-0.15, -0.1) is 5.10 Å². The van der Waals surface area contributed by atoms with Crippen molar-refractivity contribution < 1.29 is 12.8 Å². The van der Waals surface area contributed by atoms with Gasteiger partial charge in [0, 0.05) is 26.2 Å². The molecule has 1 saturated heterocycles. The van der Waals surface area contributed by atoms with Gasteiger partial charge < -0.3 is 4.90 Å². The molecule has 2 heterocycles. The van der Waals surface area contributed by atoms with E-state index >= 15 is 0 Å². The van der Waals surface area contributed by atoms with Crippen molar-refractivity contribution in [3.05, 3.63) is 47.9 Å². The molecule has 0 radical (unpaired) electrons. The summed E-state index contributed by atoms with van der Waals surface area (Å²) in [6, 6.07) is 8.84. The van der Waals surface area contributed by atoms with Crippen LogP contribution < -0.4 is 4.90 Å². The maximum Gasteiger partial charge on any atom is 0.243 e. The number of benzene rings is 1. The van der Waals surface area contributed by atoms with Gasteiger partial charge in [0.1, 0.15) is 5.82 Å². The quantitative estimate of drug-likeness (QED) is 0.848. The molecule has 0 aliphatic carbocycles. The summed E-state index contributed by atoms with van der Waals surface area (Å²) in [5.74, 6) is 0.179. The standard InChI is InChI=1S/C15H17FN4O2S/c1-12-5-6-15(18-17-12)19-7-9-20(10-8-19)23(21,22)14-4-2-3-13(16)11-14/h2-6,11H,7-10H2,1H3. The Kier molecular flexibility index (Phi) is 4.27. The highest BCUT2D eigenvalue weighted by Gasteiger charge is 2.29. The Bertz CT molecular complexity index is 787. The molecule has 1 fully saturated rings. The van der Waals surface area contributed by atoms with Crippen molar-refractivity contribution in [3.63, 3.8) is 0 Å². The first-order chi connectivity index (χ1) is 11.0. The van der Waals surface area contributed by atoms with Gasteiger partial charge in [0.15, 0.2) is 5.82 Å². The summed E-state index contributed by atoms with van der Waals surface area (Å²) in [6.45, 7) is 3.56. The fourth-order valence-corrected chi connectivity index (χ4v) is 3.95. The Hall–Kier alpha value is -2.06. The summed E-state index contributed by atoms with van der Waals surface area (Å²) in [7, 11) is -3.67. The van der Waals surface area contributed by atoms with Crippen molar-refractivity contribution in [1.82, 2.24) is 14.5 Å². The van der Waals surface area contributed by atoms with E-state index in [9.17, 15) is 12.8 Å². The van der Waals surface area contributed by atoms with Crippen molar-refractivity contribution in [1.29, 1.82) is 0 Å². The number of hydrogen-bond donors (Lipinski definition) is 0. The van der Waals surface area contributed by atoms with Crippen LogP contribution in [0.1, 0.15) is 5.69 Å². The van der Waals surface area contributed by atoms with E-state index in [-0.39, 0.29) is 4.90 Å². The van der Waals surface area contributed by atoms with Crippen LogP contribution in [0.2, 0.25) is 0 Å². The Labute approximate surface area is 134 Å². The molecule has 0 atom stereocenters. The third-order valence-electron chi connectivity index (χ3n) is 3.78. The molecule has 0 spiro atoms.